The van der Waals surface area contributed by atoms with Crippen molar-refractivity contribution in [2.24, 2.45) is 5.73 Å². The number of benzene rings is 1. The van der Waals surface area contributed by atoms with E-state index in [1.165, 1.54) is 7.11 Å². The van der Waals surface area contributed by atoms with Crippen LogP contribution in [0.4, 0.5) is 10.5 Å². The van der Waals surface area contributed by atoms with Gasteiger partial charge in [-0.05, 0) is 70.3 Å². The summed E-state index contributed by atoms with van der Waals surface area (Å²) in [6.07, 6.45) is 1.57. The van der Waals surface area contributed by atoms with E-state index >= 15 is 0 Å². The molecule has 4 N–H and O–H groups in total. The van der Waals surface area contributed by atoms with Crippen molar-refractivity contribution in [1.29, 1.82) is 0 Å². The predicted molar refractivity (Wildman–Crippen MR) is 107 cm³/mol. The molecule has 1 aromatic carbocycles. The molecule has 156 valence electrons. The molecule has 0 aromatic heterocycles. The lowest BCUT2D eigenvalue weighted by Gasteiger charge is -2.19. The van der Waals surface area contributed by atoms with Crippen LogP contribution < -0.4 is 16.4 Å². The van der Waals surface area contributed by atoms with Crippen LogP contribution in [0.15, 0.2) is 18.2 Å². The number of carbonyl (C=O) groups excluding carboxylic acids is 3. The van der Waals surface area contributed by atoms with Gasteiger partial charge in [0.2, 0.25) is 5.91 Å². The molecule has 0 aliphatic rings. The summed E-state index contributed by atoms with van der Waals surface area (Å²) in [7, 11) is 1.32. The van der Waals surface area contributed by atoms with Gasteiger partial charge in [0.15, 0.2) is 0 Å². The van der Waals surface area contributed by atoms with Crippen LogP contribution >= 0.6 is 0 Å². The second kappa shape index (κ2) is 11.3. The van der Waals surface area contributed by atoms with Gasteiger partial charge in [-0.3, -0.25) is 4.79 Å². The normalized spacial score (nSPS) is 10.9. The minimum absolute atomic E-state index is 0.131. The smallest absolute Gasteiger partial charge is 0.407 e. The third kappa shape index (κ3) is 8.85. The van der Waals surface area contributed by atoms with Crippen molar-refractivity contribution in [2.45, 2.75) is 52.1 Å². The third-order valence-corrected chi connectivity index (χ3v) is 3.69. The SMILES string of the molecule is COC(=O)c1ccc(NC(=O)CCCN)cc1CCCNC(=O)OC(C)(C)C. The first kappa shape index (κ1) is 23.4. The van der Waals surface area contributed by atoms with Crippen LogP contribution in [0.2, 0.25) is 0 Å². The molecule has 0 aliphatic heterocycles. The maximum atomic E-state index is 12.0. The Labute approximate surface area is 166 Å². The van der Waals surface area contributed by atoms with Gasteiger partial charge in [0.1, 0.15) is 5.60 Å². The molecule has 0 unspecified atom stereocenters. The van der Waals surface area contributed by atoms with Gasteiger partial charge in [-0.2, -0.15) is 0 Å². The molecule has 8 nitrogen and oxygen atoms in total. The Hall–Kier alpha value is -2.61. The Morgan fingerprint density at radius 3 is 2.46 bits per heavy atom. The van der Waals surface area contributed by atoms with Gasteiger partial charge >= 0.3 is 12.1 Å². The molecule has 0 aliphatic carbocycles. The zero-order valence-corrected chi connectivity index (χ0v) is 17.1. The van der Waals surface area contributed by atoms with Crippen LogP contribution in [-0.4, -0.2) is 43.8 Å². The number of nitrogens with one attached hydrogen (secondary N) is 2. The fourth-order valence-corrected chi connectivity index (χ4v) is 2.46. The lowest BCUT2D eigenvalue weighted by atomic mass is 10.0. The number of hydrogen-bond acceptors (Lipinski definition) is 6. The first-order chi connectivity index (χ1) is 13.2. The molecule has 0 radical (unpaired) electrons. The van der Waals surface area contributed by atoms with Crippen molar-refractivity contribution in [1.82, 2.24) is 5.32 Å². The molecule has 8 heteroatoms. The lowest BCUT2D eigenvalue weighted by Crippen LogP contribution is -2.33. The van der Waals surface area contributed by atoms with Crippen molar-refractivity contribution >= 4 is 23.7 Å². The highest BCUT2D eigenvalue weighted by Crippen LogP contribution is 2.19. The van der Waals surface area contributed by atoms with Gasteiger partial charge in [0.25, 0.3) is 0 Å². The number of carbonyl (C=O) groups is 3. The number of ether oxygens (including phenoxy) is 2. The number of hydrogen-bond donors (Lipinski definition) is 3. The number of aryl methyl sites for hydroxylation is 1. The Balaban J connectivity index is 2.72. The zero-order chi connectivity index (χ0) is 21.2. The minimum atomic E-state index is -0.557. The van der Waals surface area contributed by atoms with Crippen molar-refractivity contribution in [3.05, 3.63) is 29.3 Å². The summed E-state index contributed by atoms with van der Waals surface area (Å²) in [6.45, 7) is 6.22. The Morgan fingerprint density at radius 2 is 1.86 bits per heavy atom. The molecular formula is C20H31N3O5. The van der Waals surface area contributed by atoms with E-state index in [1.807, 2.05) is 0 Å². The fraction of sp³-hybridized carbons (Fsp3) is 0.550. The maximum absolute atomic E-state index is 12.0. The lowest BCUT2D eigenvalue weighted by molar-refractivity contribution is -0.116. The largest absolute Gasteiger partial charge is 0.465 e. The van der Waals surface area contributed by atoms with Crippen LogP contribution in [0, 0.1) is 0 Å². The zero-order valence-electron chi connectivity index (χ0n) is 17.1. The molecular weight excluding hydrogens is 362 g/mol. The van der Waals surface area contributed by atoms with Gasteiger partial charge in [-0.25, -0.2) is 9.59 Å². The van der Waals surface area contributed by atoms with E-state index in [1.54, 1.807) is 39.0 Å². The average molecular weight is 393 g/mol. The second-order valence-corrected chi connectivity index (χ2v) is 7.34. The van der Waals surface area contributed by atoms with E-state index in [4.69, 9.17) is 15.2 Å². The van der Waals surface area contributed by atoms with Gasteiger partial charge in [-0.15, -0.1) is 0 Å². The van der Waals surface area contributed by atoms with E-state index in [0.29, 0.717) is 50.0 Å². The Morgan fingerprint density at radius 1 is 1.14 bits per heavy atom. The molecule has 1 aromatic rings. The van der Waals surface area contributed by atoms with Crippen LogP contribution in [0.1, 0.15) is 56.0 Å². The van der Waals surface area contributed by atoms with E-state index in [0.717, 1.165) is 5.56 Å². The van der Waals surface area contributed by atoms with E-state index in [2.05, 4.69) is 10.6 Å². The third-order valence-electron chi connectivity index (χ3n) is 3.69. The van der Waals surface area contributed by atoms with Crippen LogP contribution in [-0.2, 0) is 20.7 Å². The number of esters is 1. The van der Waals surface area contributed by atoms with Gasteiger partial charge < -0.3 is 25.8 Å². The molecule has 0 atom stereocenters. The van der Waals surface area contributed by atoms with Crippen LogP contribution in [0.5, 0.6) is 0 Å². The standard InChI is InChI=1S/C20H31N3O5/c1-20(2,3)28-19(26)22-12-6-7-14-13-15(23-17(24)8-5-11-21)9-10-16(14)18(25)27-4/h9-10,13H,5-8,11-12,21H2,1-4H3,(H,22,26)(H,23,24). The monoisotopic (exact) mass is 393 g/mol. The highest BCUT2D eigenvalue weighted by Gasteiger charge is 2.16. The topological polar surface area (TPSA) is 120 Å². The minimum Gasteiger partial charge on any atom is -0.465 e. The maximum Gasteiger partial charge on any atom is 0.407 e. The summed E-state index contributed by atoms with van der Waals surface area (Å²) in [4.78, 5) is 35.6. The number of anilines is 1. The molecule has 0 fully saturated rings. The van der Waals surface area contributed by atoms with Gasteiger partial charge in [-0.1, -0.05) is 0 Å². The van der Waals surface area contributed by atoms with E-state index < -0.39 is 17.7 Å². The van der Waals surface area contributed by atoms with Crippen molar-refractivity contribution in [2.75, 3.05) is 25.5 Å². The molecule has 28 heavy (non-hydrogen) atoms. The average Bonchev–Trinajstić information content (AvgIpc) is 2.61. The summed E-state index contributed by atoms with van der Waals surface area (Å²) in [5.41, 5.74) is 6.62. The highest BCUT2D eigenvalue weighted by molar-refractivity contribution is 5.94. The summed E-state index contributed by atoms with van der Waals surface area (Å²) in [6, 6.07) is 5.04. The number of nitrogens with two attached hydrogens (primary N) is 1. The molecule has 0 saturated heterocycles. The Kier molecular flexibility index (Phi) is 9.44. The number of alkyl carbamates (subject to hydrolysis) is 1. The Bertz CT molecular complexity index is 683. The number of methoxy groups -OCH3 is 1. The number of rotatable bonds is 9. The van der Waals surface area contributed by atoms with Crippen LogP contribution in [0.25, 0.3) is 0 Å². The summed E-state index contributed by atoms with van der Waals surface area (Å²) in [5.74, 6) is -0.579. The summed E-state index contributed by atoms with van der Waals surface area (Å²) < 4.78 is 10.0. The van der Waals surface area contributed by atoms with Crippen molar-refractivity contribution < 1.29 is 23.9 Å². The predicted octanol–water partition coefficient (Wildman–Crippen LogP) is 2.61. The van der Waals surface area contributed by atoms with Crippen molar-refractivity contribution in [3.63, 3.8) is 0 Å². The van der Waals surface area contributed by atoms with Gasteiger partial charge in [0, 0.05) is 18.7 Å². The molecule has 0 saturated carbocycles. The van der Waals surface area contributed by atoms with Gasteiger partial charge in [0.05, 0.1) is 12.7 Å². The first-order valence-electron chi connectivity index (χ1n) is 9.34. The van der Waals surface area contributed by atoms with Crippen molar-refractivity contribution in [3.8, 4) is 0 Å². The van der Waals surface area contributed by atoms with E-state index in [9.17, 15) is 14.4 Å². The van der Waals surface area contributed by atoms with E-state index in [-0.39, 0.29) is 5.91 Å². The summed E-state index contributed by atoms with van der Waals surface area (Å²) >= 11 is 0. The fourth-order valence-electron chi connectivity index (χ4n) is 2.46. The molecule has 1 rings (SSSR count). The second-order valence-electron chi connectivity index (χ2n) is 7.34. The quantitative estimate of drug-likeness (QED) is 0.438. The van der Waals surface area contributed by atoms with Crippen LogP contribution in [0.3, 0.4) is 0 Å². The highest BCUT2D eigenvalue weighted by atomic mass is 16.6. The molecule has 2 amide bonds. The first-order valence-corrected chi connectivity index (χ1v) is 9.34. The molecule has 0 bridgehead atoms. The number of amides is 2. The summed E-state index contributed by atoms with van der Waals surface area (Å²) in [5, 5.41) is 5.48. The molecule has 0 heterocycles. The molecule has 0 spiro atoms.